The highest BCUT2D eigenvalue weighted by molar-refractivity contribution is 7.14. The summed E-state index contributed by atoms with van der Waals surface area (Å²) in [6, 6.07) is 9.56. The number of rotatable bonds is 4. The van der Waals surface area contributed by atoms with Crippen molar-refractivity contribution in [2.24, 2.45) is 0 Å². The second kappa shape index (κ2) is 6.10. The minimum Gasteiger partial charge on any atom is -0.316 e. The molecule has 7 heteroatoms. The second-order valence-corrected chi connectivity index (χ2v) is 6.53. The van der Waals surface area contributed by atoms with Gasteiger partial charge in [0.2, 0.25) is 5.95 Å². The van der Waals surface area contributed by atoms with Crippen molar-refractivity contribution in [3.63, 3.8) is 0 Å². The number of carbonyl (C=O) groups excluding carboxylic acids is 1. The Bertz CT molecular complexity index is 1080. The average molecular weight is 349 g/mol. The van der Waals surface area contributed by atoms with E-state index < -0.39 is 0 Å². The third-order valence-corrected chi connectivity index (χ3v) is 4.69. The first-order chi connectivity index (χ1) is 12.1. The number of fused-ring (bicyclic) bond motifs is 1. The molecule has 0 amide bonds. The molecule has 0 fully saturated rings. The Hall–Kier alpha value is -3.06. The number of nitrogens with one attached hydrogen (secondary N) is 1. The summed E-state index contributed by atoms with van der Waals surface area (Å²) in [5.74, 6) is 0.528. The van der Waals surface area contributed by atoms with Crippen LogP contribution < -0.4 is 5.32 Å². The summed E-state index contributed by atoms with van der Waals surface area (Å²) in [6.45, 7) is 3.52. The van der Waals surface area contributed by atoms with Gasteiger partial charge in [0.1, 0.15) is 5.65 Å². The number of anilines is 2. The fourth-order valence-corrected chi connectivity index (χ4v) is 3.50. The Morgan fingerprint density at radius 2 is 2.12 bits per heavy atom. The maximum absolute atomic E-state index is 11.4. The normalized spacial score (nSPS) is 11.0. The van der Waals surface area contributed by atoms with Gasteiger partial charge >= 0.3 is 0 Å². The molecule has 0 aromatic carbocycles. The van der Waals surface area contributed by atoms with E-state index in [1.165, 1.54) is 11.3 Å². The predicted octanol–water partition coefficient (Wildman–Crippen LogP) is 4.11. The average Bonchev–Trinajstić information content (AvgIpc) is 3.18. The number of hydrogen-bond acceptors (Lipinski definition) is 6. The molecule has 0 aliphatic heterocycles. The summed E-state index contributed by atoms with van der Waals surface area (Å²) in [6.07, 6.45) is 3.68. The maximum Gasteiger partial charge on any atom is 0.228 e. The van der Waals surface area contributed by atoms with Gasteiger partial charge in [0.05, 0.1) is 22.1 Å². The summed E-state index contributed by atoms with van der Waals surface area (Å²) >= 11 is 1.45. The monoisotopic (exact) mass is 349 g/mol. The first-order valence-electron chi connectivity index (χ1n) is 7.75. The third-order valence-electron chi connectivity index (χ3n) is 3.84. The molecule has 0 unspecified atom stereocenters. The van der Waals surface area contributed by atoms with Crippen LogP contribution in [0, 0.1) is 6.92 Å². The Morgan fingerprint density at radius 3 is 2.92 bits per heavy atom. The van der Waals surface area contributed by atoms with E-state index in [4.69, 9.17) is 0 Å². The fourth-order valence-electron chi connectivity index (χ4n) is 2.67. The van der Waals surface area contributed by atoms with Gasteiger partial charge in [0, 0.05) is 23.3 Å². The highest BCUT2D eigenvalue weighted by Gasteiger charge is 2.13. The highest BCUT2D eigenvalue weighted by atomic mass is 32.1. The lowest BCUT2D eigenvalue weighted by atomic mass is 10.2. The number of pyridine rings is 1. The van der Waals surface area contributed by atoms with Gasteiger partial charge in [-0.25, -0.2) is 15.0 Å². The molecule has 0 saturated heterocycles. The summed E-state index contributed by atoms with van der Waals surface area (Å²) in [4.78, 5) is 24.9. The molecule has 25 heavy (non-hydrogen) atoms. The smallest absolute Gasteiger partial charge is 0.228 e. The highest BCUT2D eigenvalue weighted by Crippen LogP contribution is 2.26. The molecule has 0 aliphatic rings. The van der Waals surface area contributed by atoms with Gasteiger partial charge in [-0.2, -0.15) is 0 Å². The van der Waals surface area contributed by atoms with E-state index in [1.807, 2.05) is 53.2 Å². The molecule has 4 aromatic rings. The van der Waals surface area contributed by atoms with Crippen LogP contribution >= 0.6 is 11.3 Å². The number of carbonyl (C=O) groups is 1. The zero-order valence-corrected chi connectivity index (χ0v) is 14.5. The lowest BCUT2D eigenvalue weighted by Gasteiger charge is -2.06. The summed E-state index contributed by atoms with van der Waals surface area (Å²) in [5, 5.41) is 5.82. The van der Waals surface area contributed by atoms with E-state index in [9.17, 15) is 4.79 Å². The molecule has 6 nitrogen and oxygen atoms in total. The second-order valence-electron chi connectivity index (χ2n) is 5.62. The lowest BCUT2D eigenvalue weighted by molar-refractivity contribution is 0.101. The summed E-state index contributed by atoms with van der Waals surface area (Å²) in [5.41, 5.74) is 4.20. The fraction of sp³-hybridized carbons (Fsp3) is 0.111. The molecule has 0 saturated carbocycles. The van der Waals surface area contributed by atoms with Crippen LogP contribution in [0.5, 0.6) is 0 Å². The molecule has 0 bridgehead atoms. The van der Waals surface area contributed by atoms with E-state index in [2.05, 4.69) is 20.3 Å². The van der Waals surface area contributed by atoms with E-state index >= 15 is 0 Å². The molecule has 4 heterocycles. The minimum absolute atomic E-state index is 0.0420. The van der Waals surface area contributed by atoms with Crippen molar-refractivity contribution >= 4 is 33.7 Å². The number of aromatic nitrogens is 4. The Morgan fingerprint density at radius 1 is 1.24 bits per heavy atom. The van der Waals surface area contributed by atoms with Crippen LogP contribution in [-0.4, -0.2) is 25.1 Å². The largest absolute Gasteiger partial charge is 0.316 e. The first-order valence-corrected chi connectivity index (χ1v) is 8.63. The molecule has 0 atom stereocenters. The number of thiophene rings is 1. The van der Waals surface area contributed by atoms with Gasteiger partial charge in [-0.15, -0.1) is 11.3 Å². The van der Waals surface area contributed by atoms with Crippen molar-refractivity contribution in [2.75, 3.05) is 5.32 Å². The van der Waals surface area contributed by atoms with Crippen molar-refractivity contribution in [3.05, 3.63) is 59.4 Å². The summed E-state index contributed by atoms with van der Waals surface area (Å²) in [7, 11) is 0. The Kier molecular flexibility index (Phi) is 3.77. The number of nitrogens with zero attached hydrogens (tertiary/aromatic N) is 4. The molecule has 1 N–H and O–H groups in total. The zero-order valence-electron chi connectivity index (χ0n) is 13.7. The number of aryl methyl sites for hydroxylation is 1. The molecular weight excluding hydrogens is 334 g/mol. The molecule has 0 spiro atoms. The maximum atomic E-state index is 11.4. The van der Waals surface area contributed by atoms with Crippen LogP contribution in [0.25, 0.3) is 17.0 Å². The third kappa shape index (κ3) is 2.89. The van der Waals surface area contributed by atoms with Gasteiger partial charge in [-0.3, -0.25) is 9.20 Å². The van der Waals surface area contributed by atoms with Gasteiger partial charge < -0.3 is 5.32 Å². The van der Waals surface area contributed by atoms with Crippen molar-refractivity contribution < 1.29 is 4.79 Å². The number of imidazole rings is 1. The van der Waals surface area contributed by atoms with Crippen molar-refractivity contribution in [3.8, 4) is 11.4 Å². The number of Topliss-reactive ketones (excluding diaryl/α,β-unsaturated/α-hetero) is 1. The molecule has 4 rings (SSSR count). The Balaban J connectivity index is 1.71. The van der Waals surface area contributed by atoms with E-state index in [1.54, 1.807) is 13.1 Å². The van der Waals surface area contributed by atoms with E-state index in [0.29, 0.717) is 11.5 Å². The molecule has 0 aliphatic carbocycles. The van der Waals surface area contributed by atoms with Crippen molar-refractivity contribution in [1.29, 1.82) is 0 Å². The molecule has 0 radical (unpaired) electrons. The van der Waals surface area contributed by atoms with Crippen LogP contribution in [0.3, 0.4) is 0 Å². The van der Waals surface area contributed by atoms with Gasteiger partial charge in [0.15, 0.2) is 5.78 Å². The van der Waals surface area contributed by atoms with Crippen molar-refractivity contribution in [1.82, 2.24) is 19.4 Å². The zero-order chi connectivity index (χ0) is 17.4. The predicted molar refractivity (Wildman–Crippen MR) is 98.6 cm³/mol. The molecule has 4 aromatic heterocycles. The van der Waals surface area contributed by atoms with Crippen LogP contribution in [-0.2, 0) is 0 Å². The van der Waals surface area contributed by atoms with Gasteiger partial charge in [-0.05, 0) is 38.1 Å². The van der Waals surface area contributed by atoms with Gasteiger partial charge in [-0.1, -0.05) is 6.07 Å². The summed E-state index contributed by atoms with van der Waals surface area (Å²) < 4.78 is 2.01. The van der Waals surface area contributed by atoms with E-state index in [-0.39, 0.29) is 5.78 Å². The first kappa shape index (κ1) is 15.5. The van der Waals surface area contributed by atoms with Crippen LogP contribution in [0.1, 0.15) is 23.0 Å². The molecular formula is C18H15N5OS. The van der Waals surface area contributed by atoms with Crippen LogP contribution in [0.2, 0.25) is 0 Å². The standard InChI is InChI=1S/C18H15N5OS/c1-11-17(23-8-4-3-5-15(23)20-11)14-6-7-19-18(21-14)22-16-9-13(10-25-16)12(2)24/h3-10H,1-2H3,(H,19,21,22). The van der Waals surface area contributed by atoms with Crippen LogP contribution in [0.15, 0.2) is 48.1 Å². The number of ketones is 1. The molecule has 124 valence electrons. The van der Waals surface area contributed by atoms with Crippen molar-refractivity contribution in [2.45, 2.75) is 13.8 Å². The minimum atomic E-state index is 0.0420. The van der Waals surface area contributed by atoms with E-state index in [0.717, 1.165) is 27.7 Å². The number of hydrogen-bond donors (Lipinski definition) is 1. The Labute approximate surface area is 148 Å². The lowest BCUT2D eigenvalue weighted by Crippen LogP contribution is -1.98. The topological polar surface area (TPSA) is 72.2 Å². The van der Waals surface area contributed by atoms with Crippen LogP contribution in [0.4, 0.5) is 10.9 Å². The quantitative estimate of drug-likeness (QED) is 0.561. The van der Waals surface area contributed by atoms with Gasteiger partial charge in [0.25, 0.3) is 0 Å². The SMILES string of the molecule is CC(=O)c1csc(Nc2nccc(-c3c(C)nc4ccccn34)n2)c1.